The Labute approximate surface area is 130 Å². The van der Waals surface area contributed by atoms with Crippen LogP contribution in [0, 0.1) is 17.3 Å². The summed E-state index contributed by atoms with van der Waals surface area (Å²) in [4.78, 5) is 23.8. The summed E-state index contributed by atoms with van der Waals surface area (Å²) < 4.78 is 37.1. The molecular weight excluding hydrogens is 312 g/mol. The summed E-state index contributed by atoms with van der Waals surface area (Å²) in [6.45, 7) is 0. The van der Waals surface area contributed by atoms with Crippen LogP contribution in [0.3, 0.4) is 0 Å². The Kier molecular flexibility index (Phi) is 4.81. The minimum atomic E-state index is -3.48. The maximum atomic E-state index is 12.2. The summed E-state index contributed by atoms with van der Waals surface area (Å²) in [7, 11) is -0.876. The first-order valence-corrected chi connectivity index (χ1v) is 9.04. The minimum Gasteiger partial charge on any atom is -0.469 e. The van der Waals surface area contributed by atoms with E-state index in [0.717, 1.165) is 6.26 Å². The van der Waals surface area contributed by atoms with Gasteiger partial charge in [-0.3, -0.25) is 13.8 Å². The molecule has 0 spiro atoms. The van der Waals surface area contributed by atoms with Crippen molar-refractivity contribution in [3.05, 3.63) is 0 Å². The third-order valence-electron chi connectivity index (χ3n) is 4.74. The van der Waals surface area contributed by atoms with Crippen molar-refractivity contribution in [3.8, 4) is 0 Å². The molecule has 8 heteroatoms. The van der Waals surface area contributed by atoms with Crippen molar-refractivity contribution in [2.24, 2.45) is 17.3 Å². The van der Waals surface area contributed by atoms with Crippen LogP contribution in [0.1, 0.15) is 32.1 Å². The number of hydrogen-bond acceptors (Lipinski definition) is 7. The second-order valence-electron chi connectivity index (χ2n) is 6.35. The monoisotopic (exact) mass is 334 g/mol. The number of carbonyl (C=O) groups excluding carboxylic acids is 2. The van der Waals surface area contributed by atoms with Gasteiger partial charge in [-0.1, -0.05) is 0 Å². The van der Waals surface area contributed by atoms with Crippen molar-refractivity contribution >= 4 is 22.1 Å². The number of methoxy groups -OCH3 is 2. The summed E-state index contributed by atoms with van der Waals surface area (Å²) in [5.41, 5.74) is -0.854. The summed E-state index contributed by atoms with van der Waals surface area (Å²) in [6.07, 6.45) is 2.87. The van der Waals surface area contributed by atoms with Crippen molar-refractivity contribution < 1.29 is 31.7 Å². The lowest BCUT2D eigenvalue weighted by molar-refractivity contribution is -0.159. The van der Waals surface area contributed by atoms with E-state index in [9.17, 15) is 18.0 Å². The minimum absolute atomic E-state index is 0.000767. The summed E-state index contributed by atoms with van der Waals surface area (Å²) in [5.74, 6) is -0.506. The Morgan fingerprint density at radius 1 is 1.09 bits per heavy atom. The first-order chi connectivity index (χ1) is 10.2. The lowest BCUT2D eigenvalue weighted by Gasteiger charge is -2.26. The molecule has 2 aliphatic rings. The van der Waals surface area contributed by atoms with E-state index in [-0.39, 0.29) is 24.4 Å². The highest BCUT2D eigenvalue weighted by molar-refractivity contribution is 7.86. The number of ether oxygens (including phenoxy) is 2. The smallest absolute Gasteiger partial charge is 0.312 e. The van der Waals surface area contributed by atoms with Gasteiger partial charge in [0, 0.05) is 0 Å². The maximum absolute atomic E-state index is 12.2. The van der Waals surface area contributed by atoms with Crippen molar-refractivity contribution in [1.29, 1.82) is 0 Å². The van der Waals surface area contributed by atoms with Crippen LogP contribution in [0.15, 0.2) is 0 Å². The Bertz CT molecular complexity index is 540. The Morgan fingerprint density at radius 2 is 1.64 bits per heavy atom. The van der Waals surface area contributed by atoms with Gasteiger partial charge >= 0.3 is 11.9 Å². The average Bonchev–Trinajstić information content (AvgIpc) is 2.91. The van der Waals surface area contributed by atoms with E-state index >= 15 is 0 Å². The van der Waals surface area contributed by atoms with E-state index in [0.29, 0.717) is 25.7 Å². The van der Waals surface area contributed by atoms with Gasteiger partial charge in [-0.05, 0) is 37.5 Å². The number of carbonyl (C=O) groups is 2. The van der Waals surface area contributed by atoms with E-state index in [1.54, 1.807) is 0 Å². The molecule has 0 bridgehead atoms. The molecule has 2 aliphatic carbocycles. The normalized spacial score (nSPS) is 34.2. The largest absolute Gasteiger partial charge is 0.469 e. The molecule has 4 atom stereocenters. The van der Waals surface area contributed by atoms with Gasteiger partial charge in [0.05, 0.1) is 38.4 Å². The van der Waals surface area contributed by atoms with Gasteiger partial charge in [-0.15, -0.1) is 0 Å². The molecule has 2 rings (SSSR count). The molecule has 0 N–H and O–H groups in total. The number of esters is 2. The number of rotatable bonds is 5. The molecule has 0 heterocycles. The molecule has 0 aliphatic heterocycles. The van der Waals surface area contributed by atoms with Crippen LogP contribution in [0.5, 0.6) is 0 Å². The van der Waals surface area contributed by atoms with Crippen molar-refractivity contribution in [2.75, 3.05) is 20.5 Å². The van der Waals surface area contributed by atoms with Crippen LogP contribution in [-0.4, -0.2) is 46.9 Å². The summed E-state index contributed by atoms with van der Waals surface area (Å²) >= 11 is 0. The van der Waals surface area contributed by atoms with Gasteiger partial charge in [-0.2, -0.15) is 8.42 Å². The highest BCUT2D eigenvalue weighted by atomic mass is 32.2. The molecular formula is C14H22O7S. The van der Waals surface area contributed by atoms with Gasteiger partial charge in [0.25, 0.3) is 10.1 Å². The zero-order valence-electron chi connectivity index (χ0n) is 13.0. The molecule has 2 saturated carbocycles. The van der Waals surface area contributed by atoms with Crippen LogP contribution >= 0.6 is 0 Å². The summed E-state index contributed by atoms with van der Waals surface area (Å²) in [5, 5.41) is 0. The van der Waals surface area contributed by atoms with Gasteiger partial charge < -0.3 is 9.47 Å². The Morgan fingerprint density at radius 3 is 2.05 bits per heavy atom. The van der Waals surface area contributed by atoms with Gasteiger partial charge in [0.2, 0.25) is 0 Å². The molecule has 22 heavy (non-hydrogen) atoms. The molecule has 0 amide bonds. The van der Waals surface area contributed by atoms with E-state index in [1.165, 1.54) is 14.2 Å². The SMILES string of the molecule is COC(=O)CC1(C(=O)OC)C[C@H]2CC(OS(C)(=O)=O)C[C@H]2C1. The average molecular weight is 334 g/mol. The van der Waals surface area contributed by atoms with E-state index in [2.05, 4.69) is 0 Å². The van der Waals surface area contributed by atoms with E-state index in [4.69, 9.17) is 13.7 Å². The van der Waals surface area contributed by atoms with E-state index < -0.39 is 27.5 Å². The molecule has 0 radical (unpaired) electrons. The fraction of sp³-hybridized carbons (Fsp3) is 0.857. The number of fused-ring (bicyclic) bond motifs is 1. The first kappa shape index (κ1) is 17.2. The zero-order valence-corrected chi connectivity index (χ0v) is 13.9. The van der Waals surface area contributed by atoms with Crippen molar-refractivity contribution in [2.45, 2.75) is 38.2 Å². The predicted molar refractivity (Wildman–Crippen MR) is 76.2 cm³/mol. The number of hydrogen-bond donors (Lipinski definition) is 0. The fourth-order valence-corrected chi connectivity index (χ4v) is 4.67. The Balaban J connectivity index is 2.08. The molecule has 0 aromatic rings. The van der Waals surface area contributed by atoms with Gasteiger partial charge in [0.1, 0.15) is 0 Å². The fourth-order valence-electron chi connectivity index (χ4n) is 4.02. The van der Waals surface area contributed by atoms with Crippen molar-refractivity contribution in [3.63, 3.8) is 0 Å². The van der Waals surface area contributed by atoms with Gasteiger partial charge in [0.15, 0.2) is 0 Å². The standard InChI is InChI=1S/C14H22O7S/c1-19-12(15)8-14(13(16)20-2)6-9-4-11(5-10(9)7-14)21-22(3,17)18/h9-11H,4-8H2,1-3H3/t9-,10+,11?,14?. The molecule has 7 nitrogen and oxygen atoms in total. The topological polar surface area (TPSA) is 96.0 Å². The van der Waals surface area contributed by atoms with Crippen LogP contribution in [-0.2, 0) is 33.4 Å². The van der Waals surface area contributed by atoms with Crippen molar-refractivity contribution in [1.82, 2.24) is 0 Å². The molecule has 2 unspecified atom stereocenters. The molecule has 2 fully saturated rings. The maximum Gasteiger partial charge on any atom is 0.312 e. The molecule has 0 aromatic heterocycles. The first-order valence-electron chi connectivity index (χ1n) is 7.22. The van der Waals surface area contributed by atoms with Crippen LogP contribution in [0.4, 0.5) is 0 Å². The second kappa shape index (κ2) is 6.16. The highest BCUT2D eigenvalue weighted by Gasteiger charge is 2.55. The summed E-state index contributed by atoms with van der Waals surface area (Å²) in [6, 6.07) is 0. The third kappa shape index (κ3) is 3.60. The highest BCUT2D eigenvalue weighted by Crippen LogP contribution is 2.55. The third-order valence-corrected chi connectivity index (χ3v) is 5.37. The second-order valence-corrected chi connectivity index (χ2v) is 7.95. The molecule has 0 aromatic carbocycles. The van der Waals surface area contributed by atoms with Crippen LogP contribution in [0.25, 0.3) is 0 Å². The predicted octanol–water partition coefficient (Wildman–Crippen LogP) is 0.874. The van der Waals surface area contributed by atoms with E-state index in [1.807, 2.05) is 0 Å². The lowest BCUT2D eigenvalue weighted by atomic mass is 9.80. The van der Waals surface area contributed by atoms with Crippen LogP contribution < -0.4 is 0 Å². The Hall–Kier alpha value is -1.15. The van der Waals surface area contributed by atoms with Gasteiger partial charge in [-0.25, -0.2) is 0 Å². The molecule has 126 valence electrons. The molecule has 0 saturated heterocycles. The quantitative estimate of drug-likeness (QED) is 0.544. The lowest BCUT2D eigenvalue weighted by Crippen LogP contribution is -2.34. The van der Waals surface area contributed by atoms with Crippen LogP contribution in [0.2, 0.25) is 0 Å². The zero-order chi connectivity index (χ0) is 16.5.